The van der Waals surface area contributed by atoms with Crippen molar-refractivity contribution in [1.29, 1.82) is 0 Å². The molecule has 0 aliphatic carbocycles. The molecule has 0 aromatic heterocycles. The van der Waals surface area contributed by atoms with Crippen molar-refractivity contribution in [3.05, 3.63) is 43.0 Å². The molecule has 0 radical (unpaired) electrons. The summed E-state index contributed by atoms with van der Waals surface area (Å²) in [4.78, 5) is 0.265. The first kappa shape index (κ1) is 20.1. The molecule has 0 saturated carbocycles. The van der Waals surface area contributed by atoms with Crippen molar-refractivity contribution in [3.63, 3.8) is 0 Å². The minimum atomic E-state index is -3.50. The lowest BCUT2D eigenvalue weighted by atomic mass is 9.94. The van der Waals surface area contributed by atoms with Crippen LogP contribution in [0.25, 0.3) is 0 Å². The lowest BCUT2D eigenvalue weighted by molar-refractivity contribution is -0.0394. The summed E-state index contributed by atoms with van der Waals surface area (Å²) in [7, 11) is -2.00. The largest absolute Gasteiger partial charge is 0.394 e. The van der Waals surface area contributed by atoms with Crippen LogP contribution in [0.4, 0.5) is 0 Å². The topological polar surface area (TPSA) is 93.1 Å². The van der Waals surface area contributed by atoms with Gasteiger partial charge in [-0.2, -0.15) is 0 Å². The molecule has 6 nitrogen and oxygen atoms in total. The standard InChI is InChI=1S/C18H26O6S/c1-3-7-16-15(12-25(21,22)14-8-5-4-6-9-14)18(23-2)17(24-16)10-13(20)11-19/h3-6,8-9,13,15-20H,1,7,10-12H2,2H3/t13-,15?,16-,17?,18+/m0/s1. The second-order valence-electron chi connectivity index (χ2n) is 6.27. The van der Waals surface area contributed by atoms with Gasteiger partial charge < -0.3 is 19.7 Å². The van der Waals surface area contributed by atoms with Crippen molar-refractivity contribution in [3.8, 4) is 0 Å². The molecule has 2 unspecified atom stereocenters. The van der Waals surface area contributed by atoms with E-state index in [2.05, 4.69) is 6.58 Å². The van der Waals surface area contributed by atoms with Gasteiger partial charge in [0.05, 0.1) is 41.7 Å². The van der Waals surface area contributed by atoms with Gasteiger partial charge >= 0.3 is 0 Å². The molecule has 0 amide bonds. The van der Waals surface area contributed by atoms with Gasteiger partial charge in [0, 0.05) is 19.4 Å². The third-order valence-electron chi connectivity index (χ3n) is 4.52. The summed E-state index contributed by atoms with van der Waals surface area (Å²) in [5, 5.41) is 18.8. The molecular weight excluding hydrogens is 344 g/mol. The summed E-state index contributed by atoms with van der Waals surface area (Å²) in [5.74, 6) is -0.496. The van der Waals surface area contributed by atoms with Gasteiger partial charge in [0.2, 0.25) is 0 Å². The molecule has 1 aliphatic heterocycles. The Hall–Kier alpha value is -1.25. The average molecular weight is 370 g/mol. The maximum Gasteiger partial charge on any atom is 0.178 e. The molecule has 1 aromatic carbocycles. The third kappa shape index (κ3) is 4.89. The second kappa shape index (κ2) is 8.91. The van der Waals surface area contributed by atoms with E-state index in [1.54, 1.807) is 36.4 Å². The minimum Gasteiger partial charge on any atom is -0.394 e. The number of hydrogen-bond acceptors (Lipinski definition) is 6. The zero-order valence-corrected chi connectivity index (χ0v) is 15.1. The normalized spacial score (nSPS) is 28.0. The molecule has 1 fully saturated rings. The molecule has 1 saturated heterocycles. The average Bonchev–Trinajstić information content (AvgIpc) is 2.91. The van der Waals surface area contributed by atoms with E-state index in [0.717, 1.165) is 0 Å². The van der Waals surface area contributed by atoms with E-state index in [-0.39, 0.29) is 35.7 Å². The SMILES string of the molecule is C=CC[C@@H]1OC(C[C@H](O)CO)[C@H](OC)C1CS(=O)(=O)c1ccccc1. The zero-order chi connectivity index (χ0) is 18.4. The fourth-order valence-corrected chi connectivity index (χ4v) is 5.00. The third-order valence-corrected chi connectivity index (χ3v) is 6.33. The van der Waals surface area contributed by atoms with Gasteiger partial charge in [-0.05, 0) is 18.6 Å². The van der Waals surface area contributed by atoms with E-state index in [1.807, 2.05) is 0 Å². The fourth-order valence-electron chi connectivity index (χ4n) is 3.32. The van der Waals surface area contributed by atoms with Crippen LogP contribution < -0.4 is 0 Å². The van der Waals surface area contributed by atoms with Crippen LogP contribution >= 0.6 is 0 Å². The molecular formula is C18H26O6S. The Morgan fingerprint density at radius 2 is 2.00 bits per heavy atom. The zero-order valence-electron chi connectivity index (χ0n) is 14.3. The molecule has 0 bridgehead atoms. The van der Waals surface area contributed by atoms with Crippen LogP contribution in [0.3, 0.4) is 0 Å². The number of rotatable bonds is 9. The number of aliphatic hydroxyl groups excluding tert-OH is 2. The molecule has 2 rings (SSSR count). The molecule has 7 heteroatoms. The van der Waals surface area contributed by atoms with Gasteiger partial charge in [0.1, 0.15) is 0 Å². The highest BCUT2D eigenvalue weighted by Crippen LogP contribution is 2.35. The van der Waals surface area contributed by atoms with Gasteiger partial charge in [0.15, 0.2) is 9.84 Å². The Morgan fingerprint density at radius 3 is 2.56 bits per heavy atom. The van der Waals surface area contributed by atoms with Gasteiger partial charge in [-0.25, -0.2) is 8.42 Å². The predicted molar refractivity (Wildman–Crippen MR) is 94.0 cm³/mol. The van der Waals surface area contributed by atoms with Crippen molar-refractivity contribution in [2.24, 2.45) is 5.92 Å². The quantitative estimate of drug-likeness (QED) is 0.634. The maximum absolute atomic E-state index is 12.8. The van der Waals surface area contributed by atoms with Crippen LogP contribution in [-0.4, -0.2) is 62.5 Å². The minimum absolute atomic E-state index is 0.111. The number of aliphatic hydroxyl groups is 2. The number of benzene rings is 1. The molecule has 1 aliphatic rings. The molecule has 25 heavy (non-hydrogen) atoms. The Kier molecular flexibility index (Phi) is 7.15. The summed E-state index contributed by atoms with van der Waals surface area (Å²) in [6.07, 6.45) is 0.0983. The van der Waals surface area contributed by atoms with Gasteiger partial charge in [-0.3, -0.25) is 0 Å². The van der Waals surface area contributed by atoms with E-state index in [0.29, 0.717) is 6.42 Å². The first-order chi connectivity index (χ1) is 11.9. The van der Waals surface area contributed by atoms with Crippen molar-refractivity contribution in [1.82, 2.24) is 0 Å². The Bertz CT molecular complexity index is 645. The van der Waals surface area contributed by atoms with E-state index >= 15 is 0 Å². The number of methoxy groups -OCH3 is 1. The smallest absolute Gasteiger partial charge is 0.178 e. The monoisotopic (exact) mass is 370 g/mol. The Morgan fingerprint density at radius 1 is 1.32 bits per heavy atom. The second-order valence-corrected chi connectivity index (χ2v) is 8.30. The maximum atomic E-state index is 12.8. The van der Waals surface area contributed by atoms with Gasteiger partial charge in [-0.15, -0.1) is 6.58 Å². The first-order valence-electron chi connectivity index (χ1n) is 8.28. The van der Waals surface area contributed by atoms with Crippen LogP contribution in [0.15, 0.2) is 47.9 Å². The Balaban J connectivity index is 2.23. The van der Waals surface area contributed by atoms with Crippen LogP contribution in [0.5, 0.6) is 0 Å². The lowest BCUT2D eigenvalue weighted by Crippen LogP contribution is -2.36. The fraction of sp³-hybridized carbons (Fsp3) is 0.556. The van der Waals surface area contributed by atoms with E-state index in [1.165, 1.54) is 7.11 Å². The van der Waals surface area contributed by atoms with E-state index in [4.69, 9.17) is 14.6 Å². The highest BCUT2D eigenvalue weighted by molar-refractivity contribution is 7.91. The Labute approximate surface area is 149 Å². The van der Waals surface area contributed by atoms with Crippen molar-refractivity contribution in [2.75, 3.05) is 19.5 Å². The van der Waals surface area contributed by atoms with Gasteiger partial charge in [0.25, 0.3) is 0 Å². The summed E-state index contributed by atoms with van der Waals surface area (Å²) in [6, 6.07) is 8.29. The first-order valence-corrected chi connectivity index (χ1v) is 9.94. The van der Waals surface area contributed by atoms with Crippen LogP contribution in [0.1, 0.15) is 12.8 Å². The summed E-state index contributed by atoms with van der Waals surface area (Å²) in [6.45, 7) is 3.33. The van der Waals surface area contributed by atoms with E-state index < -0.39 is 28.1 Å². The molecule has 1 aromatic rings. The molecule has 2 N–H and O–H groups in total. The van der Waals surface area contributed by atoms with Crippen LogP contribution in [0.2, 0.25) is 0 Å². The molecule has 1 heterocycles. The van der Waals surface area contributed by atoms with E-state index in [9.17, 15) is 13.5 Å². The van der Waals surface area contributed by atoms with Crippen LogP contribution in [0, 0.1) is 5.92 Å². The van der Waals surface area contributed by atoms with Crippen molar-refractivity contribution in [2.45, 2.75) is 42.2 Å². The summed E-state index contributed by atoms with van der Waals surface area (Å²) >= 11 is 0. The van der Waals surface area contributed by atoms with Crippen LogP contribution in [-0.2, 0) is 19.3 Å². The number of ether oxygens (including phenoxy) is 2. The van der Waals surface area contributed by atoms with Gasteiger partial charge in [-0.1, -0.05) is 24.3 Å². The predicted octanol–water partition coefficient (Wildman–Crippen LogP) is 1.18. The molecule has 140 valence electrons. The van der Waals surface area contributed by atoms with Crippen molar-refractivity contribution >= 4 is 9.84 Å². The molecule has 5 atom stereocenters. The number of hydrogen-bond donors (Lipinski definition) is 2. The lowest BCUT2D eigenvalue weighted by Gasteiger charge is -2.23. The summed E-state index contributed by atoms with van der Waals surface area (Å²) < 4.78 is 37.0. The van der Waals surface area contributed by atoms with Crippen molar-refractivity contribution < 1.29 is 28.1 Å². The highest BCUT2D eigenvalue weighted by Gasteiger charge is 2.46. The highest BCUT2D eigenvalue weighted by atomic mass is 32.2. The summed E-state index contributed by atoms with van der Waals surface area (Å²) in [5.41, 5.74) is 0. The number of sulfone groups is 1. The molecule has 0 spiro atoms.